The zero-order valence-corrected chi connectivity index (χ0v) is 15.8. The van der Waals surface area contributed by atoms with E-state index in [0.29, 0.717) is 17.9 Å². The summed E-state index contributed by atoms with van der Waals surface area (Å²) in [7, 11) is 3.22. The van der Waals surface area contributed by atoms with E-state index in [2.05, 4.69) is 5.32 Å². The van der Waals surface area contributed by atoms with Crippen LogP contribution in [0.5, 0.6) is 17.2 Å². The molecule has 0 aromatic heterocycles. The van der Waals surface area contributed by atoms with Crippen LogP contribution in [0.2, 0.25) is 0 Å². The number of benzene rings is 2. The van der Waals surface area contributed by atoms with E-state index in [9.17, 15) is 4.79 Å². The van der Waals surface area contributed by atoms with Gasteiger partial charge in [0.1, 0.15) is 5.75 Å². The van der Waals surface area contributed by atoms with Gasteiger partial charge in [0, 0.05) is 0 Å². The first-order valence-electron chi connectivity index (χ1n) is 8.86. The van der Waals surface area contributed by atoms with Crippen molar-refractivity contribution in [1.29, 1.82) is 0 Å². The van der Waals surface area contributed by atoms with E-state index in [4.69, 9.17) is 14.2 Å². The van der Waals surface area contributed by atoms with Gasteiger partial charge in [-0.3, -0.25) is 4.79 Å². The molecule has 5 heteroatoms. The zero-order chi connectivity index (χ0) is 18.9. The molecule has 0 saturated carbocycles. The van der Waals surface area contributed by atoms with E-state index in [1.165, 1.54) is 0 Å². The lowest BCUT2D eigenvalue weighted by molar-refractivity contribution is -0.129. The molecule has 0 aliphatic carbocycles. The molecule has 26 heavy (non-hydrogen) atoms. The first-order chi connectivity index (χ1) is 12.6. The Bertz CT molecular complexity index is 699. The number of amides is 1. The lowest BCUT2D eigenvalue weighted by Crippen LogP contribution is -2.40. The third-order valence-electron chi connectivity index (χ3n) is 4.24. The molecule has 1 N–H and O–H groups in total. The third kappa shape index (κ3) is 4.91. The van der Waals surface area contributed by atoms with Crippen LogP contribution in [0, 0.1) is 0 Å². The molecule has 1 amide bonds. The second-order valence-corrected chi connectivity index (χ2v) is 5.91. The van der Waals surface area contributed by atoms with E-state index in [1.807, 2.05) is 56.3 Å². The van der Waals surface area contributed by atoms with Crippen LogP contribution in [0.25, 0.3) is 0 Å². The normalized spacial score (nSPS) is 12.8. The SMILES string of the molecule is CC[C@H](Oc1ccccc1OC)C(=O)N[C@H](CC)c1ccc(OC)cc1. The molecule has 2 rings (SSSR count). The standard InChI is InChI=1S/C21H27NO4/c1-5-17(15-11-13-16(24-3)14-12-15)22-21(23)18(6-2)26-20-10-8-7-9-19(20)25-4/h7-14,17-18H,5-6H2,1-4H3,(H,22,23)/t17-,18+/m1/s1. The molecule has 0 radical (unpaired) electrons. The average molecular weight is 357 g/mol. The fourth-order valence-corrected chi connectivity index (χ4v) is 2.71. The van der Waals surface area contributed by atoms with Gasteiger partial charge in [-0.05, 0) is 42.7 Å². The Morgan fingerprint density at radius 3 is 2.12 bits per heavy atom. The molecule has 2 aromatic rings. The Hall–Kier alpha value is -2.69. The molecule has 0 heterocycles. The van der Waals surface area contributed by atoms with E-state index >= 15 is 0 Å². The Kier molecular flexibility index (Phi) is 7.33. The Labute approximate surface area is 155 Å². The highest BCUT2D eigenvalue weighted by atomic mass is 16.5. The van der Waals surface area contributed by atoms with Gasteiger partial charge in [-0.15, -0.1) is 0 Å². The quantitative estimate of drug-likeness (QED) is 0.733. The van der Waals surface area contributed by atoms with Crippen LogP contribution in [0.3, 0.4) is 0 Å². The second-order valence-electron chi connectivity index (χ2n) is 5.91. The summed E-state index contributed by atoms with van der Waals surface area (Å²) in [5.41, 5.74) is 1.04. The lowest BCUT2D eigenvalue weighted by Gasteiger charge is -2.23. The predicted octanol–water partition coefficient (Wildman–Crippen LogP) is 4.13. The van der Waals surface area contributed by atoms with Gasteiger partial charge >= 0.3 is 0 Å². The largest absolute Gasteiger partial charge is 0.497 e. The predicted molar refractivity (Wildman–Crippen MR) is 102 cm³/mol. The van der Waals surface area contributed by atoms with Crippen molar-refractivity contribution in [1.82, 2.24) is 5.32 Å². The average Bonchev–Trinajstić information content (AvgIpc) is 2.70. The summed E-state index contributed by atoms with van der Waals surface area (Å²) in [4.78, 5) is 12.7. The summed E-state index contributed by atoms with van der Waals surface area (Å²) in [6.45, 7) is 3.96. The number of carbonyl (C=O) groups excluding carboxylic acids is 1. The Balaban J connectivity index is 2.08. The number of methoxy groups -OCH3 is 2. The molecule has 0 saturated heterocycles. The van der Waals surface area contributed by atoms with Crippen molar-refractivity contribution >= 4 is 5.91 Å². The van der Waals surface area contributed by atoms with Gasteiger partial charge in [0.2, 0.25) is 0 Å². The molecule has 0 spiro atoms. The summed E-state index contributed by atoms with van der Waals surface area (Å²) in [6.07, 6.45) is 0.755. The van der Waals surface area contributed by atoms with Gasteiger partial charge in [-0.1, -0.05) is 38.1 Å². The Morgan fingerprint density at radius 2 is 1.58 bits per heavy atom. The van der Waals surface area contributed by atoms with E-state index in [0.717, 1.165) is 17.7 Å². The van der Waals surface area contributed by atoms with Gasteiger partial charge < -0.3 is 19.5 Å². The topological polar surface area (TPSA) is 56.8 Å². The maximum Gasteiger partial charge on any atom is 0.261 e. The Morgan fingerprint density at radius 1 is 0.923 bits per heavy atom. The van der Waals surface area contributed by atoms with Gasteiger partial charge in [0.25, 0.3) is 5.91 Å². The van der Waals surface area contributed by atoms with Gasteiger partial charge in [-0.25, -0.2) is 0 Å². The van der Waals surface area contributed by atoms with E-state index in [-0.39, 0.29) is 11.9 Å². The van der Waals surface area contributed by atoms with Crippen molar-refractivity contribution in [3.8, 4) is 17.2 Å². The van der Waals surface area contributed by atoms with Crippen LogP contribution in [-0.2, 0) is 4.79 Å². The monoisotopic (exact) mass is 357 g/mol. The molecule has 2 aromatic carbocycles. The summed E-state index contributed by atoms with van der Waals surface area (Å²) < 4.78 is 16.4. The van der Waals surface area contributed by atoms with E-state index < -0.39 is 6.10 Å². The number of hydrogen-bond donors (Lipinski definition) is 1. The van der Waals surface area contributed by atoms with Crippen LogP contribution >= 0.6 is 0 Å². The summed E-state index contributed by atoms with van der Waals surface area (Å²) >= 11 is 0. The van der Waals surface area contributed by atoms with Gasteiger partial charge in [0.05, 0.1) is 20.3 Å². The highest BCUT2D eigenvalue weighted by Crippen LogP contribution is 2.28. The summed E-state index contributed by atoms with van der Waals surface area (Å²) in [5, 5.41) is 3.08. The van der Waals surface area contributed by atoms with Crippen molar-refractivity contribution in [3.05, 3.63) is 54.1 Å². The highest BCUT2D eigenvalue weighted by Gasteiger charge is 2.23. The summed E-state index contributed by atoms with van der Waals surface area (Å²) in [5.74, 6) is 1.83. The molecule has 0 aliphatic rings. The molecule has 0 aliphatic heterocycles. The van der Waals surface area contributed by atoms with Crippen molar-refractivity contribution in [3.63, 3.8) is 0 Å². The maximum atomic E-state index is 12.7. The molecule has 2 atom stereocenters. The fourth-order valence-electron chi connectivity index (χ4n) is 2.71. The van der Waals surface area contributed by atoms with Crippen molar-refractivity contribution in [2.75, 3.05) is 14.2 Å². The lowest BCUT2D eigenvalue weighted by atomic mass is 10.0. The van der Waals surface area contributed by atoms with Crippen LogP contribution in [0.4, 0.5) is 0 Å². The van der Waals surface area contributed by atoms with Crippen LogP contribution < -0.4 is 19.5 Å². The second kappa shape index (κ2) is 9.70. The van der Waals surface area contributed by atoms with Crippen molar-refractivity contribution in [2.45, 2.75) is 38.8 Å². The first-order valence-corrected chi connectivity index (χ1v) is 8.86. The third-order valence-corrected chi connectivity index (χ3v) is 4.24. The highest BCUT2D eigenvalue weighted by molar-refractivity contribution is 5.81. The first kappa shape index (κ1) is 19.6. The summed E-state index contributed by atoms with van der Waals surface area (Å²) in [6, 6.07) is 15.0. The van der Waals surface area contributed by atoms with Crippen molar-refractivity contribution < 1.29 is 19.0 Å². The minimum Gasteiger partial charge on any atom is -0.497 e. The molecule has 0 unspecified atom stereocenters. The van der Waals surface area contributed by atoms with Crippen molar-refractivity contribution in [2.24, 2.45) is 0 Å². The molecule has 0 fully saturated rings. The number of hydrogen-bond acceptors (Lipinski definition) is 4. The number of ether oxygens (including phenoxy) is 3. The minimum atomic E-state index is -0.585. The fraction of sp³-hybridized carbons (Fsp3) is 0.381. The van der Waals surface area contributed by atoms with Gasteiger partial charge in [-0.2, -0.15) is 0 Å². The molecular weight excluding hydrogens is 330 g/mol. The minimum absolute atomic E-state index is 0.0799. The zero-order valence-electron chi connectivity index (χ0n) is 15.8. The van der Waals surface area contributed by atoms with Crippen LogP contribution in [0.1, 0.15) is 38.3 Å². The molecule has 0 bridgehead atoms. The van der Waals surface area contributed by atoms with Gasteiger partial charge in [0.15, 0.2) is 17.6 Å². The maximum absolute atomic E-state index is 12.7. The van der Waals surface area contributed by atoms with E-state index in [1.54, 1.807) is 20.3 Å². The smallest absolute Gasteiger partial charge is 0.261 e. The molecule has 140 valence electrons. The molecular formula is C21H27NO4. The number of carbonyl (C=O) groups is 1. The van der Waals surface area contributed by atoms with Crippen LogP contribution in [-0.4, -0.2) is 26.2 Å². The number of rotatable bonds is 9. The number of para-hydroxylation sites is 2. The number of nitrogens with one attached hydrogen (secondary N) is 1. The molecule has 5 nitrogen and oxygen atoms in total. The van der Waals surface area contributed by atoms with Crippen LogP contribution in [0.15, 0.2) is 48.5 Å².